The van der Waals surface area contributed by atoms with Gasteiger partial charge in [0.05, 0.1) is 17.1 Å². The number of aryl methyl sites for hydroxylation is 1. The lowest BCUT2D eigenvalue weighted by Gasteiger charge is -2.17. The predicted octanol–water partition coefficient (Wildman–Crippen LogP) is 6.93. The van der Waals surface area contributed by atoms with Crippen LogP contribution >= 0.6 is 0 Å². The Labute approximate surface area is 223 Å². The van der Waals surface area contributed by atoms with Crippen LogP contribution in [-0.4, -0.2) is 34.0 Å². The minimum atomic E-state index is 0.672. The molecule has 0 saturated heterocycles. The zero-order valence-corrected chi connectivity index (χ0v) is 21.7. The summed E-state index contributed by atoms with van der Waals surface area (Å²) < 4.78 is 8.46. The lowest BCUT2D eigenvalue weighted by Crippen LogP contribution is -2.27. The smallest absolute Gasteiger partial charge is 0.157 e. The number of hydrazone groups is 1. The van der Waals surface area contributed by atoms with Crippen LogP contribution in [0.1, 0.15) is 11.3 Å². The quantitative estimate of drug-likeness (QED) is 0.254. The van der Waals surface area contributed by atoms with E-state index in [0.29, 0.717) is 6.67 Å². The summed E-state index contributed by atoms with van der Waals surface area (Å²) in [5.74, 6) is 3.37. The number of rotatable bonds is 6. The molecule has 0 fully saturated rings. The van der Waals surface area contributed by atoms with E-state index in [4.69, 9.17) is 14.8 Å². The van der Waals surface area contributed by atoms with E-state index in [-0.39, 0.29) is 0 Å². The first-order valence-corrected chi connectivity index (χ1v) is 12.7. The number of benzene rings is 4. The van der Waals surface area contributed by atoms with Crippen molar-refractivity contribution in [1.29, 1.82) is 0 Å². The predicted molar refractivity (Wildman–Crippen MR) is 153 cm³/mol. The molecule has 0 amide bonds. The molecule has 2 heterocycles. The maximum atomic E-state index is 6.31. The molecule has 0 radical (unpaired) electrons. The molecule has 4 aromatic carbocycles. The molecule has 0 bridgehead atoms. The lowest BCUT2D eigenvalue weighted by molar-refractivity contribution is 0.482. The Morgan fingerprint density at radius 1 is 0.684 bits per heavy atom. The van der Waals surface area contributed by atoms with Crippen molar-refractivity contribution in [1.82, 2.24) is 14.5 Å². The third-order valence-electron chi connectivity index (χ3n) is 6.72. The first kappa shape index (κ1) is 23.6. The van der Waals surface area contributed by atoms with Gasteiger partial charge in [-0.3, -0.25) is 0 Å². The van der Waals surface area contributed by atoms with Crippen LogP contribution in [0, 0.1) is 6.92 Å². The molecule has 1 aliphatic heterocycles. The second-order valence-corrected chi connectivity index (χ2v) is 9.45. The van der Waals surface area contributed by atoms with Crippen molar-refractivity contribution in [3.63, 3.8) is 0 Å². The van der Waals surface area contributed by atoms with E-state index in [1.165, 1.54) is 0 Å². The summed E-state index contributed by atoms with van der Waals surface area (Å²) in [5, 5.41) is 6.86. The number of aromatic nitrogens is 2. The normalized spacial score (nSPS) is 13.1. The largest absolute Gasteiger partial charge is 0.457 e. The average Bonchev–Trinajstić information content (AvgIpc) is 3.48. The number of imidazole rings is 1. The molecule has 1 aliphatic rings. The summed E-state index contributed by atoms with van der Waals surface area (Å²) >= 11 is 0. The van der Waals surface area contributed by atoms with Crippen LogP contribution in [0.15, 0.2) is 114 Å². The van der Waals surface area contributed by atoms with Crippen LogP contribution in [0.2, 0.25) is 0 Å². The minimum Gasteiger partial charge on any atom is -0.457 e. The van der Waals surface area contributed by atoms with Crippen LogP contribution in [-0.2, 0) is 7.05 Å². The van der Waals surface area contributed by atoms with Gasteiger partial charge in [0.25, 0.3) is 0 Å². The van der Waals surface area contributed by atoms with E-state index in [1.54, 1.807) is 0 Å². The first-order chi connectivity index (χ1) is 18.6. The minimum absolute atomic E-state index is 0.672. The molecule has 0 atom stereocenters. The van der Waals surface area contributed by atoms with Crippen molar-refractivity contribution in [2.75, 3.05) is 18.7 Å². The Kier molecular flexibility index (Phi) is 6.14. The van der Waals surface area contributed by atoms with Gasteiger partial charge in [-0.2, -0.15) is 5.10 Å². The summed E-state index contributed by atoms with van der Waals surface area (Å²) in [4.78, 5) is 7.04. The monoisotopic (exact) mass is 499 g/mol. The standard InChI is InChI=1S/C32H29N5O/c1-23-30(24-12-6-4-7-13-24)36(3)31(33-23)26-16-10-18-28(20-26)38-29-19-11-17-27(21-29)37-22-35(2)32(34-37)25-14-8-5-9-15-25/h4-21H,22H2,1-3H3. The van der Waals surface area contributed by atoms with Crippen molar-refractivity contribution in [3.8, 4) is 34.1 Å². The SMILES string of the molecule is Cc1nc(-c2cccc(Oc3cccc(N4CN(C)C(c5ccccc5)=N4)c3)c2)n(C)c1-c1ccccc1. The highest BCUT2D eigenvalue weighted by molar-refractivity contribution is 6.00. The van der Waals surface area contributed by atoms with Gasteiger partial charge in [0.1, 0.15) is 24.0 Å². The van der Waals surface area contributed by atoms with Gasteiger partial charge in [-0.15, -0.1) is 0 Å². The van der Waals surface area contributed by atoms with Crippen LogP contribution in [0.25, 0.3) is 22.6 Å². The fourth-order valence-corrected chi connectivity index (χ4v) is 4.93. The highest BCUT2D eigenvalue weighted by atomic mass is 16.5. The zero-order chi connectivity index (χ0) is 26.1. The van der Waals surface area contributed by atoms with E-state index in [9.17, 15) is 0 Å². The summed E-state index contributed by atoms with van der Waals surface area (Å²) in [7, 11) is 4.12. The topological polar surface area (TPSA) is 45.9 Å². The third kappa shape index (κ3) is 4.52. The van der Waals surface area contributed by atoms with Crippen LogP contribution in [0.5, 0.6) is 11.5 Å². The summed E-state index contributed by atoms with van der Waals surface area (Å²) in [6.45, 7) is 2.73. The van der Waals surface area contributed by atoms with Gasteiger partial charge in [-0.25, -0.2) is 9.99 Å². The Balaban J connectivity index is 1.25. The molecule has 0 N–H and O–H groups in total. The van der Waals surface area contributed by atoms with Gasteiger partial charge in [-0.1, -0.05) is 78.9 Å². The van der Waals surface area contributed by atoms with E-state index in [0.717, 1.165) is 56.9 Å². The van der Waals surface area contributed by atoms with Gasteiger partial charge >= 0.3 is 0 Å². The second kappa shape index (κ2) is 9.90. The Morgan fingerprint density at radius 3 is 2.05 bits per heavy atom. The Bertz CT molecular complexity index is 1610. The van der Waals surface area contributed by atoms with E-state index < -0.39 is 0 Å². The summed E-state index contributed by atoms with van der Waals surface area (Å²) in [6.07, 6.45) is 0. The second-order valence-electron chi connectivity index (χ2n) is 9.45. The van der Waals surface area contributed by atoms with Crippen molar-refractivity contribution < 1.29 is 4.74 Å². The molecule has 0 unspecified atom stereocenters. The number of hydrogen-bond acceptors (Lipinski definition) is 5. The van der Waals surface area contributed by atoms with Gasteiger partial charge in [0.2, 0.25) is 0 Å². The summed E-state index contributed by atoms with van der Waals surface area (Å²) in [6, 6.07) is 36.7. The molecule has 38 heavy (non-hydrogen) atoms. The van der Waals surface area contributed by atoms with E-state index in [2.05, 4.69) is 79.0 Å². The molecule has 6 rings (SSSR count). The fraction of sp³-hybridized carbons (Fsp3) is 0.125. The number of anilines is 1. The van der Waals surface area contributed by atoms with Gasteiger partial charge in [0, 0.05) is 36.9 Å². The van der Waals surface area contributed by atoms with E-state index >= 15 is 0 Å². The molecule has 0 aliphatic carbocycles. The number of amidine groups is 1. The Hall–Kier alpha value is -4.84. The number of nitrogens with zero attached hydrogens (tertiary/aromatic N) is 5. The third-order valence-corrected chi connectivity index (χ3v) is 6.72. The molecule has 6 nitrogen and oxygen atoms in total. The highest BCUT2D eigenvalue weighted by Crippen LogP contribution is 2.33. The van der Waals surface area contributed by atoms with E-state index in [1.807, 2.05) is 65.7 Å². The highest BCUT2D eigenvalue weighted by Gasteiger charge is 2.22. The maximum absolute atomic E-state index is 6.31. The number of ether oxygens (including phenoxy) is 1. The van der Waals surface area contributed by atoms with Gasteiger partial charge in [-0.05, 0) is 31.2 Å². The van der Waals surface area contributed by atoms with Crippen molar-refractivity contribution in [2.45, 2.75) is 6.92 Å². The molecule has 0 spiro atoms. The van der Waals surface area contributed by atoms with Crippen LogP contribution < -0.4 is 9.75 Å². The molecular formula is C32H29N5O. The lowest BCUT2D eigenvalue weighted by atomic mass is 10.1. The molecular weight excluding hydrogens is 470 g/mol. The molecule has 0 saturated carbocycles. The zero-order valence-electron chi connectivity index (χ0n) is 21.7. The maximum Gasteiger partial charge on any atom is 0.157 e. The van der Waals surface area contributed by atoms with Gasteiger partial charge in [0.15, 0.2) is 5.84 Å². The molecule has 6 heteroatoms. The molecule has 1 aromatic heterocycles. The van der Waals surface area contributed by atoms with Crippen molar-refractivity contribution >= 4 is 11.5 Å². The summed E-state index contributed by atoms with van der Waals surface area (Å²) in [5.41, 5.74) is 6.35. The Morgan fingerprint density at radius 2 is 1.32 bits per heavy atom. The van der Waals surface area contributed by atoms with Crippen LogP contribution in [0.3, 0.4) is 0 Å². The van der Waals surface area contributed by atoms with Crippen molar-refractivity contribution in [2.24, 2.45) is 12.1 Å². The molecule has 5 aromatic rings. The van der Waals surface area contributed by atoms with Gasteiger partial charge < -0.3 is 14.2 Å². The number of hydrogen-bond donors (Lipinski definition) is 0. The van der Waals surface area contributed by atoms with Crippen LogP contribution in [0.4, 0.5) is 5.69 Å². The fourth-order valence-electron chi connectivity index (χ4n) is 4.93. The van der Waals surface area contributed by atoms with Crippen molar-refractivity contribution in [3.05, 3.63) is 120 Å². The first-order valence-electron chi connectivity index (χ1n) is 12.7. The molecule has 188 valence electrons. The average molecular weight is 500 g/mol.